The second kappa shape index (κ2) is 8.28. The maximum Gasteiger partial charge on any atom is 0.137 e. The molecule has 0 aliphatic carbocycles. The van der Waals surface area contributed by atoms with Gasteiger partial charge in [0.2, 0.25) is 0 Å². The van der Waals surface area contributed by atoms with Gasteiger partial charge in [-0.1, -0.05) is 32.4 Å². The molecular formula is C17H27NO2. The zero-order valence-corrected chi connectivity index (χ0v) is 12.7. The first kappa shape index (κ1) is 15.3. The van der Waals surface area contributed by atoms with Crippen LogP contribution in [0.3, 0.4) is 0 Å². The van der Waals surface area contributed by atoms with Gasteiger partial charge in [-0.3, -0.25) is 0 Å². The van der Waals surface area contributed by atoms with Gasteiger partial charge < -0.3 is 14.8 Å². The highest BCUT2D eigenvalue weighted by atomic mass is 16.5. The number of benzene rings is 1. The number of rotatable bonds is 7. The summed E-state index contributed by atoms with van der Waals surface area (Å²) in [5.41, 5.74) is 1.39. The van der Waals surface area contributed by atoms with Crippen molar-refractivity contribution >= 4 is 0 Å². The average Bonchev–Trinajstić information content (AvgIpc) is 2.49. The van der Waals surface area contributed by atoms with Crippen LogP contribution in [0.4, 0.5) is 0 Å². The molecule has 20 heavy (non-hydrogen) atoms. The third-order valence-corrected chi connectivity index (χ3v) is 3.80. The van der Waals surface area contributed by atoms with E-state index in [9.17, 15) is 0 Å². The second-order valence-electron chi connectivity index (χ2n) is 5.43. The van der Waals surface area contributed by atoms with E-state index in [1.54, 1.807) is 0 Å². The summed E-state index contributed by atoms with van der Waals surface area (Å²) in [4.78, 5) is 0. The minimum atomic E-state index is 0.116. The molecule has 1 saturated heterocycles. The monoisotopic (exact) mass is 277 g/mol. The molecule has 2 unspecified atom stereocenters. The Hall–Kier alpha value is -1.06. The molecule has 0 radical (unpaired) electrons. The highest BCUT2D eigenvalue weighted by molar-refractivity contribution is 5.27. The summed E-state index contributed by atoms with van der Waals surface area (Å²) in [5.74, 6) is 0.948. The Morgan fingerprint density at radius 1 is 1.25 bits per heavy atom. The topological polar surface area (TPSA) is 30.5 Å². The fourth-order valence-corrected chi connectivity index (χ4v) is 2.61. The largest absolute Gasteiger partial charge is 0.486 e. The number of hydrogen-bond donors (Lipinski definition) is 1. The lowest BCUT2D eigenvalue weighted by molar-refractivity contribution is -0.0143. The van der Waals surface area contributed by atoms with E-state index in [2.05, 4.69) is 43.4 Å². The zero-order valence-electron chi connectivity index (χ0n) is 12.7. The van der Waals surface area contributed by atoms with Crippen molar-refractivity contribution in [3.8, 4) is 5.75 Å². The van der Waals surface area contributed by atoms with Gasteiger partial charge in [-0.15, -0.1) is 0 Å². The summed E-state index contributed by atoms with van der Waals surface area (Å²) < 4.78 is 11.6. The van der Waals surface area contributed by atoms with Crippen molar-refractivity contribution in [1.29, 1.82) is 0 Å². The van der Waals surface area contributed by atoms with Crippen LogP contribution in [0, 0.1) is 0 Å². The number of ether oxygens (including phenoxy) is 2. The van der Waals surface area contributed by atoms with Gasteiger partial charge in [0.15, 0.2) is 0 Å². The van der Waals surface area contributed by atoms with Gasteiger partial charge in [-0.2, -0.15) is 0 Å². The number of nitrogens with one attached hydrogen (secondary N) is 1. The van der Waals surface area contributed by atoms with Gasteiger partial charge in [0, 0.05) is 12.6 Å². The third-order valence-electron chi connectivity index (χ3n) is 3.80. The number of hydrogen-bond acceptors (Lipinski definition) is 3. The summed E-state index contributed by atoms with van der Waals surface area (Å²) in [6.07, 6.45) is 4.78. The van der Waals surface area contributed by atoms with Crippen molar-refractivity contribution in [3.05, 3.63) is 29.8 Å². The number of unbranched alkanes of at least 4 members (excludes halogenated alkanes) is 1. The molecule has 1 fully saturated rings. The van der Waals surface area contributed by atoms with E-state index in [1.807, 2.05) is 0 Å². The van der Waals surface area contributed by atoms with E-state index in [0.29, 0.717) is 12.6 Å². The highest BCUT2D eigenvalue weighted by Crippen LogP contribution is 2.19. The van der Waals surface area contributed by atoms with E-state index in [0.717, 1.165) is 31.7 Å². The number of aryl methyl sites for hydroxylation is 1. The standard InChI is InChI=1S/C17H27NO2/c1-3-5-6-14-7-9-15(10-8-14)20-17-13-19-12-11-16(17)18-4-2/h7-10,16-18H,3-6,11-13H2,1-2H3. The molecule has 0 aromatic heterocycles. The van der Waals surface area contributed by atoms with Crippen LogP contribution in [-0.2, 0) is 11.2 Å². The fraction of sp³-hybridized carbons (Fsp3) is 0.647. The van der Waals surface area contributed by atoms with Crippen molar-refractivity contribution in [3.63, 3.8) is 0 Å². The van der Waals surface area contributed by atoms with Crippen molar-refractivity contribution in [2.24, 2.45) is 0 Å². The van der Waals surface area contributed by atoms with Crippen LogP contribution in [0.25, 0.3) is 0 Å². The Morgan fingerprint density at radius 2 is 2.05 bits per heavy atom. The first-order valence-electron chi connectivity index (χ1n) is 7.90. The van der Waals surface area contributed by atoms with Crippen LogP contribution in [0.1, 0.15) is 38.7 Å². The van der Waals surface area contributed by atoms with E-state index in [4.69, 9.17) is 9.47 Å². The predicted molar refractivity (Wildman–Crippen MR) is 82.4 cm³/mol. The summed E-state index contributed by atoms with van der Waals surface area (Å²) >= 11 is 0. The van der Waals surface area contributed by atoms with Crippen molar-refractivity contribution in [2.45, 2.75) is 51.7 Å². The van der Waals surface area contributed by atoms with E-state index < -0.39 is 0 Å². The van der Waals surface area contributed by atoms with Gasteiger partial charge in [-0.25, -0.2) is 0 Å². The van der Waals surface area contributed by atoms with Crippen LogP contribution in [0.5, 0.6) is 5.75 Å². The molecule has 1 aliphatic heterocycles. The molecule has 0 saturated carbocycles. The first-order chi connectivity index (χ1) is 9.83. The van der Waals surface area contributed by atoms with Crippen LogP contribution in [0.2, 0.25) is 0 Å². The molecule has 2 rings (SSSR count). The fourth-order valence-electron chi connectivity index (χ4n) is 2.61. The predicted octanol–water partition coefficient (Wildman–Crippen LogP) is 3.18. The lowest BCUT2D eigenvalue weighted by Gasteiger charge is -2.32. The average molecular weight is 277 g/mol. The number of likely N-dealkylation sites (N-methyl/N-ethyl adjacent to an activating group) is 1. The summed E-state index contributed by atoms with van der Waals surface area (Å²) in [6.45, 7) is 6.83. The smallest absolute Gasteiger partial charge is 0.137 e. The van der Waals surface area contributed by atoms with Crippen LogP contribution < -0.4 is 10.1 Å². The molecule has 1 heterocycles. The first-order valence-corrected chi connectivity index (χ1v) is 7.90. The Kier molecular flexibility index (Phi) is 6.34. The van der Waals surface area contributed by atoms with Gasteiger partial charge in [0.05, 0.1) is 6.61 Å². The van der Waals surface area contributed by atoms with E-state index >= 15 is 0 Å². The molecule has 3 nitrogen and oxygen atoms in total. The van der Waals surface area contributed by atoms with Crippen molar-refractivity contribution in [2.75, 3.05) is 19.8 Å². The maximum atomic E-state index is 6.09. The van der Waals surface area contributed by atoms with Gasteiger partial charge in [0.1, 0.15) is 11.9 Å². The SMILES string of the molecule is CCCCc1ccc(OC2COCCC2NCC)cc1. The van der Waals surface area contributed by atoms with Crippen LogP contribution in [-0.4, -0.2) is 31.9 Å². The third kappa shape index (κ3) is 4.50. The Morgan fingerprint density at radius 3 is 2.75 bits per heavy atom. The second-order valence-corrected chi connectivity index (χ2v) is 5.43. The minimum Gasteiger partial charge on any atom is -0.486 e. The molecule has 1 aromatic carbocycles. The molecule has 1 N–H and O–H groups in total. The Balaban J connectivity index is 1.90. The highest BCUT2D eigenvalue weighted by Gasteiger charge is 2.26. The maximum absolute atomic E-state index is 6.09. The molecular weight excluding hydrogens is 250 g/mol. The van der Waals surface area contributed by atoms with E-state index in [1.165, 1.54) is 18.4 Å². The molecule has 0 spiro atoms. The molecule has 3 heteroatoms. The van der Waals surface area contributed by atoms with E-state index in [-0.39, 0.29) is 6.10 Å². The minimum absolute atomic E-state index is 0.116. The van der Waals surface area contributed by atoms with Crippen LogP contribution in [0.15, 0.2) is 24.3 Å². The lowest BCUT2D eigenvalue weighted by atomic mass is 10.1. The van der Waals surface area contributed by atoms with Crippen LogP contribution >= 0.6 is 0 Å². The molecule has 1 aromatic rings. The zero-order chi connectivity index (χ0) is 14.2. The quantitative estimate of drug-likeness (QED) is 0.830. The Bertz CT molecular complexity index is 375. The molecule has 1 aliphatic rings. The molecule has 0 bridgehead atoms. The Labute approximate surface area is 122 Å². The van der Waals surface area contributed by atoms with Crippen molar-refractivity contribution in [1.82, 2.24) is 5.32 Å². The normalized spacial score (nSPS) is 22.7. The summed E-state index contributed by atoms with van der Waals surface area (Å²) in [5, 5.41) is 3.49. The molecule has 0 amide bonds. The van der Waals surface area contributed by atoms with Gasteiger partial charge >= 0.3 is 0 Å². The molecule has 112 valence electrons. The van der Waals surface area contributed by atoms with Crippen molar-refractivity contribution < 1.29 is 9.47 Å². The van der Waals surface area contributed by atoms with Gasteiger partial charge in [-0.05, 0) is 43.5 Å². The summed E-state index contributed by atoms with van der Waals surface area (Å²) in [7, 11) is 0. The van der Waals surface area contributed by atoms with Gasteiger partial charge in [0.25, 0.3) is 0 Å². The summed E-state index contributed by atoms with van der Waals surface area (Å²) in [6, 6.07) is 8.92. The lowest BCUT2D eigenvalue weighted by Crippen LogP contribution is -2.49. The molecule has 2 atom stereocenters.